The van der Waals surface area contributed by atoms with Crippen LogP contribution in [-0.2, 0) is 16.0 Å². The van der Waals surface area contributed by atoms with Crippen molar-refractivity contribution < 1.29 is 19.1 Å². The Hall–Kier alpha value is -3.65. The molecule has 0 unspecified atom stereocenters. The van der Waals surface area contributed by atoms with E-state index < -0.39 is 17.7 Å². The molecule has 4 aromatic rings. The molecule has 2 aromatic carbocycles. The zero-order valence-corrected chi connectivity index (χ0v) is 21.3. The lowest BCUT2D eigenvalue weighted by Crippen LogP contribution is -2.29. The van der Waals surface area contributed by atoms with E-state index in [1.165, 1.54) is 31.9 Å². The fourth-order valence-electron chi connectivity index (χ4n) is 4.87. The Kier molecular flexibility index (Phi) is 6.30. The Bertz CT molecular complexity index is 1440. The first-order valence-electron chi connectivity index (χ1n) is 12.4. The Balaban J connectivity index is 1.64. The number of ether oxygens (including phenoxy) is 2. The summed E-state index contributed by atoms with van der Waals surface area (Å²) in [5.41, 5.74) is 3.63. The first-order valence-corrected chi connectivity index (χ1v) is 12.4. The van der Waals surface area contributed by atoms with Crippen molar-refractivity contribution in [1.29, 1.82) is 0 Å². The van der Waals surface area contributed by atoms with E-state index in [-0.39, 0.29) is 0 Å². The van der Waals surface area contributed by atoms with Crippen molar-refractivity contribution in [2.45, 2.75) is 52.2 Å². The number of esters is 1. The molecule has 8 heteroatoms. The standard InChI is InChI=1S/C28H32N4O4/c1-28(2,3)36-27(34)32-23-11-8-18(17-31-12-6-5-7-13-31)14-20(23)16-24(32)25-21-15-19(26(33)35-4)9-10-22(21)29-30-25/h8-11,14-16H,5-7,12-13,17H2,1-4H3,(H,29,30). The lowest BCUT2D eigenvalue weighted by atomic mass is 10.1. The molecule has 8 nitrogen and oxygen atoms in total. The van der Waals surface area contributed by atoms with E-state index in [0.29, 0.717) is 17.0 Å². The van der Waals surface area contributed by atoms with Gasteiger partial charge in [-0.3, -0.25) is 10.00 Å². The van der Waals surface area contributed by atoms with Gasteiger partial charge in [0.05, 0.1) is 29.4 Å². The second-order valence-corrected chi connectivity index (χ2v) is 10.4. The minimum Gasteiger partial charge on any atom is -0.465 e. The van der Waals surface area contributed by atoms with Gasteiger partial charge in [0.25, 0.3) is 0 Å². The highest BCUT2D eigenvalue weighted by atomic mass is 16.6. The topological polar surface area (TPSA) is 89.5 Å². The van der Waals surface area contributed by atoms with Gasteiger partial charge < -0.3 is 9.47 Å². The van der Waals surface area contributed by atoms with E-state index in [2.05, 4.69) is 27.2 Å². The molecule has 0 radical (unpaired) electrons. The van der Waals surface area contributed by atoms with Gasteiger partial charge in [0.1, 0.15) is 11.3 Å². The Morgan fingerprint density at radius 2 is 1.81 bits per heavy atom. The molecule has 0 aliphatic carbocycles. The number of nitrogens with zero attached hydrogens (tertiary/aromatic N) is 3. The highest BCUT2D eigenvalue weighted by Gasteiger charge is 2.25. The molecular formula is C28H32N4O4. The average molecular weight is 489 g/mol. The number of hydrogen-bond donors (Lipinski definition) is 1. The van der Waals surface area contributed by atoms with Crippen LogP contribution in [-0.4, -0.2) is 57.5 Å². The molecule has 2 aromatic heterocycles. The number of aromatic amines is 1. The summed E-state index contributed by atoms with van der Waals surface area (Å²) in [6.07, 6.45) is 3.30. The number of fused-ring (bicyclic) bond motifs is 2. The summed E-state index contributed by atoms with van der Waals surface area (Å²) < 4.78 is 12.2. The van der Waals surface area contributed by atoms with Crippen LogP contribution in [0.15, 0.2) is 42.5 Å². The monoisotopic (exact) mass is 488 g/mol. The first-order chi connectivity index (χ1) is 17.2. The van der Waals surface area contributed by atoms with Crippen LogP contribution in [0.4, 0.5) is 4.79 Å². The van der Waals surface area contributed by atoms with E-state index in [9.17, 15) is 9.59 Å². The fraction of sp³-hybridized carbons (Fsp3) is 0.393. The zero-order chi connectivity index (χ0) is 25.4. The molecule has 0 saturated carbocycles. The smallest absolute Gasteiger partial charge is 0.419 e. The third kappa shape index (κ3) is 4.73. The SMILES string of the molecule is COC(=O)c1ccc2[nH]nc(-c3cc4cc(CN5CCCCC5)ccc4n3C(=O)OC(C)(C)C)c2c1. The lowest BCUT2D eigenvalue weighted by Gasteiger charge is -2.26. The Morgan fingerprint density at radius 3 is 2.53 bits per heavy atom. The van der Waals surface area contributed by atoms with Crippen molar-refractivity contribution in [2.75, 3.05) is 20.2 Å². The van der Waals surface area contributed by atoms with Crippen LogP contribution in [0.5, 0.6) is 0 Å². The summed E-state index contributed by atoms with van der Waals surface area (Å²) in [6.45, 7) is 8.66. The number of hydrogen-bond acceptors (Lipinski definition) is 6. The predicted octanol–water partition coefficient (Wildman–Crippen LogP) is 5.74. The minimum atomic E-state index is -0.662. The van der Waals surface area contributed by atoms with Gasteiger partial charge in [-0.05, 0) is 88.7 Å². The van der Waals surface area contributed by atoms with Crippen molar-refractivity contribution in [3.05, 3.63) is 53.6 Å². The number of likely N-dealkylation sites (tertiary alicyclic amines) is 1. The summed E-state index contributed by atoms with van der Waals surface area (Å²) in [4.78, 5) is 28.1. The van der Waals surface area contributed by atoms with Crippen LogP contribution < -0.4 is 0 Å². The number of methoxy groups -OCH3 is 1. The van der Waals surface area contributed by atoms with Crippen LogP contribution >= 0.6 is 0 Å². The number of H-pyrrole nitrogens is 1. The first kappa shape index (κ1) is 24.1. The van der Waals surface area contributed by atoms with Gasteiger partial charge in [0.15, 0.2) is 0 Å². The average Bonchev–Trinajstić information content (AvgIpc) is 3.43. The molecule has 1 saturated heterocycles. The molecule has 3 heterocycles. The van der Waals surface area contributed by atoms with E-state index in [1.54, 1.807) is 22.8 Å². The summed E-state index contributed by atoms with van der Waals surface area (Å²) in [5.74, 6) is -0.431. The van der Waals surface area contributed by atoms with Crippen molar-refractivity contribution in [2.24, 2.45) is 0 Å². The van der Waals surface area contributed by atoms with Crippen molar-refractivity contribution in [3.8, 4) is 11.4 Å². The number of carbonyl (C=O) groups excluding carboxylic acids is 2. The predicted molar refractivity (Wildman–Crippen MR) is 139 cm³/mol. The third-order valence-corrected chi connectivity index (χ3v) is 6.52. The van der Waals surface area contributed by atoms with Crippen LogP contribution in [0.2, 0.25) is 0 Å². The molecule has 1 fully saturated rings. The molecule has 1 aliphatic heterocycles. The highest BCUT2D eigenvalue weighted by molar-refractivity contribution is 6.03. The number of benzene rings is 2. The van der Waals surface area contributed by atoms with Gasteiger partial charge in [0.2, 0.25) is 0 Å². The van der Waals surface area contributed by atoms with Gasteiger partial charge >= 0.3 is 12.1 Å². The normalized spacial score (nSPS) is 14.9. The third-order valence-electron chi connectivity index (χ3n) is 6.52. The maximum absolute atomic E-state index is 13.4. The van der Waals surface area contributed by atoms with Crippen molar-refractivity contribution >= 4 is 33.9 Å². The van der Waals surface area contributed by atoms with Gasteiger partial charge in [0, 0.05) is 17.3 Å². The van der Waals surface area contributed by atoms with E-state index in [4.69, 9.17) is 9.47 Å². The number of nitrogens with one attached hydrogen (secondary N) is 1. The van der Waals surface area contributed by atoms with Crippen LogP contribution in [0, 0.1) is 0 Å². The van der Waals surface area contributed by atoms with Gasteiger partial charge in [-0.2, -0.15) is 5.10 Å². The van der Waals surface area contributed by atoms with Gasteiger partial charge in [-0.1, -0.05) is 12.5 Å². The van der Waals surface area contributed by atoms with Crippen molar-refractivity contribution in [3.63, 3.8) is 0 Å². The van der Waals surface area contributed by atoms with Gasteiger partial charge in [-0.25, -0.2) is 14.2 Å². The number of carbonyl (C=O) groups is 2. The van der Waals surface area contributed by atoms with Crippen LogP contribution in [0.1, 0.15) is 56.0 Å². The molecule has 188 valence electrons. The summed E-state index contributed by atoms with van der Waals surface area (Å²) in [5, 5.41) is 9.21. The van der Waals surface area contributed by atoms with E-state index in [0.717, 1.165) is 41.4 Å². The minimum absolute atomic E-state index is 0.413. The van der Waals surface area contributed by atoms with Crippen molar-refractivity contribution in [1.82, 2.24) is 19.7 Å². The summed E-state index contributed by atoms with van der Waals surface area (Å²) in [6, 6.07) is 13.4. The Labute approximate surface area is 210 Å². The summed E-state index contributed by atoms with van der Waals surface area (Å²) >= 11 is 0. The largest absolute Gasteiger partial charge is 0.465 e. The maximum Gasteiger partial charge on any atom is 0.419 e. The molecular weight excluding hydrogens is 456 g/mol. The molecule has 0 atom stereocenters. The quantitative estimate of drug-likeness (QED) is 0.369. The van der Waals surface area contributed by atoms with E-state index >= 15 is 0 Å². The fourth-order valence-corrected chi connectivity index (χ4v) is 4.87. The second kappa shape index (κ2) is 9.43. The van der Waals surface area contributed by atoms with Crippen LogP contribution in [0.25, 0.3) is 33.2 Å². The second-order valence-electron chi connectivity index (χ2n) is 10.4. The summed E-state index contributed by atoms with van der Waals surface area (Å²) in [7, 11) is 1.35. The molecule has 1 N–H and O–H groups in total. The maximum atomic E-state index is 13.4. The number of piperidine rings is 1. The van der Waals surface area contributed by atoms with Gasteiger partial charge in [-0.15, -0.1) is 0 Å². The highest BCUT2D eigenvalue weighted by Crippen LogP contribution is 2.34. The molecule has 0 spiro atoms. The molecule has 1 aliphatic rings. The molecule has 36 heavy (non-hydrogen) atoms. The molecule has 0 bridgehead atoms. The number of rotatable bonds is 4. The zero-order valence-electron chi connectivity index (χ0n) is 21.3. The lowest BCUT2D eigenvalue weighted by molar-refractivity contribution is 0.0545. The van der Waals surface area contributed by atoms with E-state index in [1.807, 2.05) is 32.9 Å². The van der Waals surface area contributed by atoms with Crippen LogP contribution in [0.3, 0.4) is 0 Å². The number of aromatic nitrogens is 3. The molecule has 0 amide bonds. The Morgan fingerprint density at radius 1 is 1.03 bits per heavy atom. The molecule has 5 rings (SSSR count).